The summed E-state index contributed by atoms with van der Waals surface area (Å²) in [6.07, 6.45) is 7.17. The highest BCUT2D eigenvalue weighted by atomic mass is 32.2. The van der Waals surface area contributed by atoms with E-state index in [1.807, 2.05) is 30.3 Å². The molecule has 0 radical (unpaired) electrons. The second-order valence-corrected chi connectivity index (χ2v) is 13.1. The molecule has 42 heavy (non-hydrogen) atoms. The van der Waals surface area contributed by atoms with Gasteiger partial charge in [-0.2, -0.15) is 0 Å². The maximum absolute atomic E-state index is 14.7. The van der Waals surface area contributed by atoms with Crippen molar-refractivity contribution in [2.75, 3.05) is 49.2 Å². The quantitative estimate of drug-likeness (QED) is 0.168. The SMILES string of the molecule is C=CCCCCOC(=O)[C@@H]1[C@@H]2CC(C)C3(S2)C(C(=O)N(CC=C)c2ccc(N(CC)CC)cc2)N(CCCO)C(=O)[C@H]13. The zero-order chi connectivity index (χ0) is 30.4. The van der Waals surface area contributed by atoms with Crippen molar-refractivity contribution in [3.8, 4) is 0 Å². The number of allylic oxidation sites excluding steroid dienone is 1. The number of hydrogen-bond acceptors (Lipinski definition) is 7. The summed E-state index contributed by atoms with van der Waals surface area (Å²) in [6.45, 7) is 16.5. The maximum atomic E-state index is 14.7. The summed E-state index contributed by atoms with van der Waals surface area (Å²) >= 11 is 1.64. The number of anilines is 2. The average molecular weight is 598 g/mol. The summed E-state index contributed by atoms with van der Waals surface area (Å²) in [5.74, 6) is -1.82. The number of aliphatic hydroxyl groups is 1. The summed E-state index contributed by atoms with van der Waals surface area (Å²) in [5, 5.41) is 9.60. The average Bonchev–Trinajstić information content (AvgIpc) is 3.58. The molecule has 2 amide bonds. The standard InChI is InChI=1S/C33H47N3O5S/c1-6-10-11-12-21-41-32(40)27-26-22-23(5)33(42-26)28(27)30(38)36(19-13-20-37)29(33)31(39)35(18-7-2)25-16-14-24(15-17-25)34(8-3)9-4/h6-7,14-17,23,26-29,37H,1-2,8-13,18-22H2,3-5H3/t23?,26-,27+,28-,29?,33?/m0/s1. The summed E-state index contributed by atoms with van der Waals surface area (Å²) < 4.78 is 4.99. The Morgan fingerprint density at radius 2 is 1.81 bits per heavy atom. The molecule has 3 unspecified atom stereocenters. The molecule has 230 valence electrons. The Kier molecular flexibility index (Phi) is 10.8. The van der Waals surface area contributed by atoms with Gasteiger partial charge in [-0.3, -0.25) is 14.4 Å². The number of unbranched alkanes of at least 4 members (excludes halogenated alkanes) is 2. The number of benzene rings is 1. The normalized spacial score (nSPS) is 27.6. The van der Waals surface area contributed by atoms with E-state index in [0.717, 1.165) is 50.1 Å². The molecule has 1 N–H and O–H groups in total. The van der Waals surface area contributed by atoms with Gasteiger partial charge in [0.1, 0.15) is 6.04 Å². The van der Waals surface area contributed by atoms with Gasteiger partial charge < -0.3 is 24.5 Å². The van der Waals surface area contributed by atoms with Crippen LogP contribution in [-0.4, -0.2) is 83.2 Å². The van der Waals surface area contributed by atoms with Crippen molar-refractivity contribution < 1.29 is 24.2 Å². The van der Waals surface area contributed by atoms with Gasteiger partial charge in [0.25, 0.3) is 5.91 Å². The Balaban J connectivity index is 1.67. The minimum absolute atomic E-state index is 0.0572. The summed E-state index contributed by atoms with van der Waals surface area (Å²) in [5.41, 5.74) is 1.82. The molecular formula is C33H47N3O5S. The van der Waals surface area contributed by atoms with Crippen LogP contribution in [0, 0.1) is 17.8 Å². The topological polar surface area (TPSA) is 90.4 Å². The van der Waals surface area contributed by atoms with Crippen molar-refractivity contribution >= 4 is 40.9 Å². The molecule has 1 aromatic rings. The number of likely N-dealkylation sites (tertiary alicyclic amines) is 1. The number of amides is 2. The number of nitrogens with zero attached hydrogens (tertiary/aromatic N) is 3. The molecule has 0 saturated carbocycles. The molecule has 0 aliphatic carbocycles. The highest BCUT2D eigenvalue weighted by Crippen LogP contribution is 2.68. The van der Waals surface area contributed by atoms with Crippen LogP contribution in [0.25, 0.3) is 0 Å². The Labute approximate surface area is 255 Å². The number of carbonyl (C=O) groups is 3. The van der Waals surface area contributed by atoms with Gasteiger partial charge in [0.05, 0.1) is 23.2 Å². The van der Waals surface area contributed by atoms with Gasteiger partial charge in [-0.15, -0.1) is 24.9 Å². The highest BCUT2D eigenvalue weighted by molar-refractivity contribution is 8.02. The van der Waals surface area contributed by atoms with Gasteiger partial charge in [0.15, 0.2) is 0 Å². The monoisotopic (exact) mass is 597 g/mol. The zero-order valence-electron chi connectivity index (χ0n) is 25.4. The molecule has 3 aliphatic heterocycles. The molecule has 3 fully saturated rings. The second-order valence-electron chi connectivity index (χ2n) is 11.5. The largest absolute Gasteiger partial charge is 0.465 e. The molecule has 3 heterocycles. The van der Waals surface area contributed by atoms with E-state index in [9.17, 15) is 19.5 Å². The van der Waals surface area contributed by atoms with Gasteiger partial charge in [-0.1, -0.05) is 19.1 Å². The Bertz CT molecular complexity index is 1140. The number of rotatable bonds is 16. The minimum Gasteiger partial charge on any atom is -0.465 e. The Hall–Kier alpha value is -2.78. The van der Waals surface area contributed by atoms with Crippen molar-refractivity contribution in [2.45, 2.75) is 68.9 Å². The van der Waals surface area contributed by atoms with Crippen LogP contribution < -0.4 is 9.80 Å². The van der Waals surface area contributed by atoms with Crippen molar-refractivity contribution in [1.82, 2.24) is 4.90 Å². The van der Waals surface area contributed by atoms with E-state index in [-0.39, 0.29) is 42.1 Å². The number of esters is 1. The fourth-order valence-corrected chi connectivity index (χ4v) is 9.64. The first-order chi connectivity index (χ1) is 20.3. The number of ether oxygens (including phenoxy) is 1. The predicted octanol–water partition coefficient (Wildman–Crippen LogP) is 4.67. The van der Waals surface area contributed by atoms with Crippen molar-refractivity contribution in [1.29, 1.82) is 0 Å². The van der Waals surface area contributed by atoms with E-state index in [1.54, 1.807) is 27.6 Å². The lowest BCUT2D eigenvalue weighted by Crippen LogP contribution is -2.57. The molecule has 9 heteroatoms. The van der Waals surface area contributed by atoms with Crippen LogP contribution in [0.1, 0.15) is 52.9 Å². The maximum Gasteiger partial charge on any atom is 0.310 e. The van der Waals surface area contributed by atoms with E-state index in [1.165, 1.54) is 0 Å². The van der Waals surface area contributed by atoms with Crippen LogP contribution >= 0.6 is 11.8 Å². The molecule has 1 spiro atoms. The lowest BCUT2D eigenvalue weighted by Gasteiger charge is -2.40. The summed E-state index contributed by atoms with van der Waals surface area (Å²) in [6, 6.07) is 7.20. The smallest absolute Gasteiger partial charge is 0.310 e. The number of carbonyl (C=O) groups excluding carboxylic acids is 3. The van der Waals surface area contributed by atoms with E-state index in [2.05, 4.69) is 38.8 Å². The number of aliphatic hydroxyl groups excluding tert-OH is 1. The number of thioether (sulfide) groups is 1. The molecule has 4 rings (SSSR count). The van der Waals surface area contributed by atoms with Gasteiger partial charge in [-0.05, 0) is 76.1 Å². The molecule has 1 aromatic carbocycles. The third-order valence-corrected chi connectivity index (χ3v) is 11.3. The molecule has 6 atom stereocenters. The molecule has 2 bridgehead atoms. The van der Waals surface area contributed by atoms with Crippen LogP contribution in [0.2, 0.25) is 0 Å². The van der Waals surface area contributed by atoms with Gasteiger partial charge in [0, 0.05) is 49.4 Å². The minimum atomic E-state index is -0.751. The zero-order valence-corrected chi connectivity index (χ0v) is 26.2. The molecule has 0 aromatic heterocycles. The first kappa shape index (κ1) is 32.1. The summed E-state index contributed by atoms with van der Waals surface area (Å²) in [4.78, 5) is 47.9. The lowest BCUT2D eigenvalue weighted by atomic mass is 9.66. The fraction of sp³-hybridized carbons (Fsp3) is 0.606. The fourth-order valence-electron chi connectivity index (χ4n) is 7.24. The highest BCUT2D eigenvalue weighted by Gasteiger charge is 2.76. The van der Waals surface area contributed by atoms with Crippen LogP contribution in [0.4, 0.5) is 11.4 Å². The Morgan fingerprint density at radius 1 is 1.12 bits per heavy atom. The van der Waals surface area contributed by atoms with Crippen molar-refractivity contribution in [3.05, 3.63) is 49.6 Å². The molecule has 3 saturated heterocycles. The third kappa shape index (κ3) is 5.74. The Morgan fingerprint density at radius 3 is 2.43 bits per heavy atom. The van der Waals surface area contributed by atoms with Crippen LogP contribution in [0.15, 0.2) is 49.6 Å². The first-order valence-electron chi connectivity index (χ1n) is 15.4. The number of hydrogen-bond donors (Lipinski definition) is 1. The van der Waals surface area contributed by atoms with Crippen LogP contribution in [0.3, 0.4) is 0 Å². The van der Waals surface area contributed by atoms with Gasteiger partial charge in [-0.25, -0.2) is 0 Å². The van der Waals surface area contributed by atoms with E-state index < -0.39 is 22.6 Å². The molecule has 8 nitrogen and oxygen atoms in total. The first-order valence-corrected chi connectivity index (χ1v) is 16.3. The van der Waals surface area contributed by atoms with Crippen molar-refractivity contribution in [3.63, 3.8) is 0 Å². The summed E-state index contributed by atoms with van der Waals surface area (Å²) in [7, 11) is 0. The molecule has 3 aliphatic rings. The lowest BCUT2D eigenvalue weighted by molar-refractivity contribution is -0.154. The predicted molar refractivity (Wildman–Crippen MR) is 170 cm³/mol. The third-order valence-electron chi connectivity index (χ3n) is 9.22. The van der Waals surface area contributed by atoms with E-state index in [0.29, 0.717) is 19.6 Å². The van der Waals surface area contributed by atoms with Crippen LogP contribution in [0.5, 0.6) is 0 Å². The molecular weight excluding hydrogens is 550 g/mol. The van der Waals surface area contributed by atoms with Crippen LogP contribution in [-0.2, 0) is 19.1 Å². The van der Waals surface area contributed by atoms with E-state index in [4.69, 9.17) is 4.74 Å². The second kappa shape index (κ2) is 14.1. The van der Waals surface area contributed by atoms with Gasteiger partial charge in [0.2, 0.25) is 5.91 Å². The van der Waals surface area contributed by atoms with Gasteiger partial charge >= 0.3 is 5.97 Å². The van der Waals surface area contributed by atoms with E-state index >= 15 is 0 Å². The number of fused-ring (bicyclic) bond motifs is 1. The van der Waals surface area contributed by atoms with Crippen molar-refractivity contribution in [2.24, 2.45) is 17.8 Å².